The third-order valence-corrected chi connectivity index (χ3v) is 2.81. The number of likely N-dealkylation sites (N-methyl/N-ethyl adjacent to an activating group) is 1. The van der Waals surface area contributed by atoms with E-state index in [1.165, 1.54) is 6.07 Å². The summed E-state index contributed by atoms with van der Waals surface area (Å²) >= 11 is 0. The quantitative estimate of drug-likeness (QED) is 0.698. The lowest BCUT2D eigenvalue weighted by molar-refractivity contribution is 0.223. The van der Waals surface area contributed by atoms with Crippen molar-refractivity contribution in [2.24, 2.45) is 0 Å². The molecule has 1 aromatic rings. The van der Waals surface area contributed by atoms with Crippen molar-refractivity contribution in [1.82, 2.24) is 4.90 Å². The van der Waals surface area contributed by atoms with Crippen LogP contribution in [0.1, 0.15) is 13.8 Å². The minimum Gasteiger partial charge on any atom is -0.492 e. The molecule has 0 unspecified atom stereocenters. The van der Waals surface area contributed by atoms with Gasteiger partial charge in [0, 0.05) is 6.54 Å². The van der Waals surface area contributed by atoms with Crippen LogP contribution in [0, 0.1) is 0 Å². The summed E-state index contributed by atoms with van der Waals surface area (Å²) in [4.78, 5) is 2.15. The lowest BCUT2D eigenvalue weighted by Crippen LogP contribution is -2.34. The fraction of sp³-hybridized carbons (Fsp3) is 0.500. The van der Waals surface area contributed by atoms with Crippen molar-refractivity contribution in [2.75, 3.05) is 26.2 Å². The second-order valence-corrected chi connectivity index (χ2v) is 4.02. The van der Waals surface area contributed by atoms with Crippen molar-refractivity contribution < 1.29 is 17.7 Å². The number of nitrogens with zero attached hydrogens (tertiary/aromatic N) is 1. The van der Waals surface area contributed by atoms with Gasteiger partial charge in [0.05, 0.1) is 0 Å². The zero-order valence-electron chi connectivity index (χ0n) is 10.7. The Morgan fingerprint density at radius 1 is 1.17 bits per heavy atom. The highest BCUT2D eigenvalue weighted by Crippen LogP contribution is 2.14. The molecule has 0 atom stereocenters. The molecule has 0 radical (unpaired) electrons. The standard InChI is InChI=1S/C12H18BF3NO/c1-3-17(4-2)8-9-18-12-7-5-6-11(10-12)13(14,15)16/h5-7,10H,3-4,8-9H2,1-2H3/q-1. The van der Waals surface area contributed by atoms with Crippen molar-refractivity contribution in [3.05, 3.63) is 24.3 Å². The van der Waals surface area contributed by atoms with Gasteiger partial charge in [-0.05, 0) is 25.2 Å². The molecule has 0 N–H and O–H groups in total. The van der Waals surface area contributed by atoms with Crippen LogP contribution in [0.5, 0.6) is 5.75 Å². The zero-order chi connectivity index (χ0) is 13.6. The van der Waals surface area contributed by atoms with Crippen molar-refractivity contribution in [3.63, 3.8) is 0 Å². The van der Waals surface area contributed by atoms with Crippen LogP contribution in [-0.4, -0.2) is 38.1 Å². The van der Waals surface area contributed by atoms with Gasteiger partial charge in [-0.15, -0.1) is 5.46 Å². The Morgan fingerprint density at radius 3 is 2.39 bits per heavy atom. The van der Waals surface area contributed by atoms with Crippen LogP contribution in [0.15, 0.2) is 24.3 Å². The minimum atomic E-state index is -4.96. The molecule has 1 aromatic carbocycles. The minimum absolute atomic E-state index is 0.277. The number of rotatable bonds is 7. The van der Waals surface area contributed by atoms with Crippen molar-refractivity contribution in [1.29, 1.82) is 0 Å². The van der Waals surface area contributed by atoms with Gasteiger partial charge in [0.1, 0.15) is 12.4 Å². The SMILES string of the molecule is CCN(CC)CCOc1cccc([B-](F)(F)F)c1. The third kappa shape index (κ3) is 4.60. The summed E-state index contributed by atoms with van der Waals surface area (Å²) in [5.74, 6) is 0.277. The van der Waals surface area contributed by atoms with Crippen LogP contribution >= 0.6 is 0 Å². The molecular formula is C12H18BF3NO-. The fourth-order valence-electron chi connectivity index (χ4n) is 1.64. The van der Waals surface area contributed by atoms with E-state index in [2.05, 4.69) is 4.90 Å². The maximum absolute atomic E-state index is 12.5. The Kier molecular flexibility index (Phi) is 5.53. The van der Waals surface area contributed by atoms with E-state index in [0.717, 1.165) is 25.2 Å². The van der Waals surface area contributed by atoms with E-state index in [0.29, 0.717) is 13.2 Å². The summed E-state index contributed by atoms with van der Waals surface area (Å²) in [5, 5.41) is 0. The van der Waals surface area contributed by atoms with Gasteiger partial charge in [-0.25, -0.2) is 0 Å². The predicted octanol–water partition coefficient (Wildman–Crippen LogP) is 2.46. The molecule has 0 aliphatic heterocycles. The summed E-state index contributed by atoms with van der Waals surface area (Å²) in [6.45, 7) is 2.05. The molecule has 102 valence electrons. The van der Waals surface area contributed by atoms with E-state index >= 15 is 0 Å². The Labute approximate surface area is 106 Å². The van der Waals surface area contributed by atoms with Gasteiger partial charge in [-0.2, -0.15) is 0 Å². The van der Waals surface area contributed by atoms with Gasteiger partial charge >= 0.3 is 6.98 Å². The topological polar surface area (TPSA) is 12.5 Å². The molecule has 0 amide bonds. The molecule has 0 aliphatic carbocycles. The summed E-state index contributed by atoms with van der Waals surface area (Å²) < 4.78 is 42.9. The van der Waals surface area contributed by atoms with Crippen molar-refractivity contribution >= 4 is 12.4 Å². The molecule has 6 heteroatoms. The number of benzene rings is 1. The maximum atomic E-state index is 12.5. The molecule has 2 nitrogen and oxygen atoms in total. The molecule has 0 heterocycles. The molecule has 0 aromatic heterocycles. The normalized spacial score (nSPS) is 11.9. The van der Waals surface area contributed by atoms with Gasteiger partial charge in [-0.3, -0.25) is 0 Å². The average molecular weight is 260 g/mol. The van der Waals surface area contributed by atoms with Crippen LogP contribution < -0.4 is 10.2 Å². The summed E-state index contributed by atoms with van der Waals surface area (Å²) in [5.41, 5.74) is -0.615. The zero-order valence-corrected chi connectivity index (χ0v) is 10.7. The number of hydrogen-bond donors (Lipinski definition) is 0. The van der Waals surface area contributed by atoms with Crippen LogP contribution in [-0.2, 0) is 0 Å². The molecule has 0 saturated carbocycles. The smallest absolute Gasteiger partial charge is 0.492 e. The second-order valence-electron chi connectivity index (χ2n) is 4.02. The number of ether oxygens (including phenoxy) is 1. The number of hydrogen-bond acceptors (Lipinski definition) is 2. The van der Waals surface area contributed by atoms with Gasteiger partial charge in [0.15, 0.2) is 0 Å². The Hall–Kier alpha value is -1.17. The third-order valence-electron chi connectivity index (χ3n) is 2.81. The summed E-state index contributed by atoms with van der Waals surface area (Å²) in [6, 6.07) is 5.05. The van der Waals surface area contributed by atoms with Crippen molar-refractivity contribution in [3.8, 4) is 5.75 Å². The Balaban J connectivity index is 2.53. The van der Waals surface area contributed by atoms with E-state index in [1.54, 1.807) is 6.07 Å². The molecule has 0 saturated heterocycles. The molecule has 1 rings (SSSR count). The van der Waals surface area contributed by atoms with Gasteiger partial charge in [-0.1, -0.05) is 26.0 Å². The predicted molar refractivity (Wildman–Crippen MR) is 68.4 cm³/mol. The van der Waals surface area contributed by atoms with Crippen molar-refractivity contribution in [2.45, 2.75) is 13.8 Å². The summed E-state index contributed by atoms with van der Waals surface area (Å²) in [6.07, 6.45) is 0. The molecule has 0 bridgehead atoms. The van der Waals surface area contributed by atoms with Crippen LogP contribution in [0.3, 0.4) is 0 Å². The van der Waals surface area contributed by atoms with Crippen LogP contribution in [0.25, 0.3) is 0 Å². The first kappa shape index (κ1) is 14.9. The summed E-state index contributed by atoms with van der Waals surface area (Å²) in [7, 11) is 0. The Bertz CT molecular complexity index is 367. The highest BCUT2D eigenvalue weighted by molar-refractivity contribution is 6.73. The van der Waals surface area contributed by atoms with Gasteiger partial charge in [0.25, 0.3) is 0 Å². The maximum Gasteiger partial charge on any atom is 0.509 e. The number of halogens is 3. The first-order valence-electron chi connectivity index (χ1n) is 6.12. The molecular weight excluding hydrogens is 242 g/mol. The van der Waals surface area contributed by atoms with E-state index in [9.17, 15) is 12.9 Å². The second kappa shape index (κ2) is 6.68. The first-order valence-corrected chi connectivity index (χ1v) is 6.12. The lowest BCUT2D eigenvalue weighted by atomic mass is 9.80. The lowest BCUT2D eigenvalue weighted by Gasteiger charge is -2.19. The first-order chi connectivity index (χ1) is 8.47. The highest BCUT2D eigenvalue weighted by Gasteiger charge is 2.25. The van der Waals surface area contributed by atoms with E-state index in [1.807, 2.05) is 13.8 Å². The van der Waals surface area contributed by atoms with E-state index in [4.69, 9.17) is 4.74 Å². The molecule has 18 heavy (non-hydrogen) atoms. The monoisotopic (exact) mass is 260 g/mol. The Morgan fingerprint density at radius 2 is 1.83 bits per heavy atom. The highest BCUT2D eigenvalue weighted by atomic mass is 19.4. The van der Waals surface area contributed by atoms with Crippen LogP contribution in [0.4, 0.5) is 12.9 Å². The van der Waals surface area contributed by atoms with Gasteiger partial charge in [0.2, 0.25) is 0 Å². The van der Waals surface area contributed by atoms with E-state index in [-0.39, 0.29) is 5.75 Å². The average Bonchev–Trinajstić information content (AvgIpc) is 2.34. The molecule has 0 aliphatic rings. The van der Waals surface area contributed by atoms with Gasteiger partial charge < -0.3 is 22.6 Å². The molecule has 0 fully saturated rings. The van der Waals surface area contributed by atoms with E-state index < -0.39 is 12.4 Å². The largest absolute Gasteiger partial charge is 0.509 e. The fourth-order valence-corrected chi connectivity index (χ4v) is 1.64. The molecule has 0 spiro atoms. The van der Waals surface area contributed by atoms with Crippen LogP contribution in [0.2, 0.25) is 0 Å².